The van der Waals surface area contributed by atoms with Gasteiger partial charge < -0.3 is 20.0 Å². The number of halogens is 2. The van der Waals surface area contributed by atoms with Gasteiger partial charge in [-0.05, 0) is 131 Å². The molecule has 0 amide bonds. The molecule has 2 aliphatic heterocycles. The van der Waals surface area contributed by atoms with Crippen molar-refractivity contribution in [3.8, 4) is 22.3 Å². The zero-order valence-corrected chi connectivity index (χ0v) is 34.4. The number of pyridine rings is 2. The number of anilines is 2. The lowest BCUT2D eigenvalue weighted by molar-refractivity contribution is 0.103. The molecule has 2 N–H and O–H groups in total. The third-order valence-corrected chi connectivity index (χ3v) is 14.9. The fraction of sp³-hybridized carbons (Fsp3) is 0.340. The molecule has 4 atom stereocenters. The molecule has 7 nitrogen and oxygen atoms in total. The van der Waals surface area contributed by atoms with Gasteiger partial charge >= 0.3 is 0 Å². The molecular weight excluding hydrogens is 779 g/mol. The van der Waals surface area contributed by atoms with E-state index < -0.39 is 40.4 Å². The smallest absolute Gasteiger partial charge is 0.233 e. The predicted molar refractivity (Wildman–Crippen MR) is 236 cm³/mol. The van der Waals surface area contributed by atoms with Crippen molar-refractivity contribution in [1.82, 2.24) is 9.97 Å². The van der Waals surface area contributed by atoms with Gasteiger partial charge in [0.25, 0.3) is 0 Å². The molecule has 6 aliphatic rings. The van der Waals surface area contributed by atoms with Crippen LogP contribution in [0.3, 0.4) is 0 Å². The Balaban J connectivity index is 0.844. The summed E-state index contributed by atoms with van der Waals surface area (Å²) in [6, 6.07) is 31.5. The molecule has 2 saturated heterocycles. The van der Waals surface area contributed by atoms with Gasteiger partial charge in [0.05, 0.1) is 38.7 Å². The maximum atomic E-state index is 15.2. The first-order chi connectivity index (χ1) is 30.8. The summed E-state index contributed by atoms with van der Waals surface area (Å²) in [6.07, 6.45) is 4.40. The number of fused-ring (bicyclic) bond motifs is 4. The van der Waals surface area contributed by atoms with Gasteiger partial charge in [-0.3, -0.25) is 4.79 Å². The number of hydrogen-bond acceptors (Lipinski definition) is 7. The first kappa shape index (κ1) is 35.8. The minimum Gasteiger partial charge on any atom is -0.388 e. The van der Waals surface area contributed by atoms with Crippen molar-refractivity contribution in [2.24, 2.45) is 0 Å². The van der Waals surface area contributed by atoms with E-state index in [9.17, 15) is 15.0 Å². The topological polar surface area (TPSA) is 89.8 Å². The van der Waals surface area contributed by atoms with Crippen molar-refractivity contribution in [1.29, 1.82) is 0 Å². The summed E-state index contributed by atoms with van der Waals surface area (Å²) in [4.78, 5) is 27.3. The third kappa shape index (κ3) is 6.14. The molecular formula is C53H48F2N4O3. The van der Waals surface area contributed by atoms with Gasteiger partial charge in [0.15, 0.2) is 0 Å². The van der Waals surface area contributed by atoms with Crippen LogP contribution >= 0.6 is 0 Å². The quantitative estimate of drug-likeness (QED) is 0.148. The highest BCUT2D eigenvalue weighted by Crippen LogP contribution is 2.55. The second-order valence-corrected chi connectivity index (χ2v) is 18.8. The largest absolute Gasteiger partial charge is 0.388 e. The number of rotatable bonds is 8. The fourth-order valence-corrected chi connectivity index (χ4v) is 11.6. The number of aliphatic hydroxyl groups is 2. The van der Waals surface area contributed by atoms with Crippen LogP contribution in [-0.4, -0.2) is 52.1 Å². The Kier molecular flexibility index (Phi) is 8.15. The Hall–Kier alpha value is -5.77. The van der Waals surface area contributed by atoms with Crippen LogP contribution < -0.4 is 9.80 Å². The summed E-state index contributed by atoms with van der Waals surface area (Å²) in [7, 11) is 0. The van der Waals surface area contributed by atoms with Crippen molar-refractivity contribution < 1.29 is 26.5 Å². The molecule has 9 heteroatoms. The molecule has 2 saturated carbocycles. The molecule has 4 heterocycles. The van der Waals surface area contributed by atoms with Gasteiger partial charge in [-0.15, -0.1) is 0 Å². The number of nitrogens with zero attached hydrogens (tertiary/aromatic N) is 4. The second kappa shape index (κ2) is 14.1. The molecule has 4 aromatic carbocycles. The Morgan fingerprint density at radius 1 is 0.613 bits per heavy atom. The summed E-state index contributed by atoms with van der Waals surface area (Å²) in [5.74, 6) is -0.763. The predicted octanol–water partition coefficient (Wildman–Crippen LogP) is 10.2. The van der Waals surface area contributed by atoms with Crippen LogP contribution in [0.2, 0.25) is 0 Å². The number of ketones is 1. The van der Waals surface area contributed by atoms with Gasteiger partial charge in [-0.2, -0.15) is 0 Å². The molecule has 2 spiro atoms. The van der Waals surface area contributed by atoms with E-state index in [4.69, 9.17) is 2.74 Å². The second-order valence-electron chi connectivity index (χ2n) is 18.8. The van der Waals surface area contributed by atoms with Crippen LogP contribution in [0.4, 0.5) is 20.2 Å². The Morgan fingerprint density at radius 2 is 1.05 bits per heavy atom. The Morgan fingerprint density at radius 3 is 1.48 bits per heavy atom. The van der Waals surface area contributed by atoms with E-state index in [1.165, 1.54) is 23.3 Å². The van der Waals surface area contributed by atoms with E-state index >= 15 is 8.78 Å². The van der Waals surface area contributed by atoms with E-state index in [2.05, 4.69) is 58.5 Å². The molecule has 4 unspecified atom stereocenters. The van der Waals surface area contributed by atoms with E-state index in [0.717, 1.165) is 71.5 Å². The fourth-order valence-electron chi connectivity index (χ4n) is 11.6. The highest BCUT2D eigenvalue weighted by molar-refractivity contribution is 6.13. The van der Waals surface area contributed by atoms with Gasteiger partial charge in [0.2, 0.25) is 5.78 Å². The zero-order chi connectivity index (χ0) is 43.8. The zero-order valence-electron chi connectivity index (χ0n) is 36.4. The van der Waals surface area contributed by atoms with Gasteiger partial charge in [0, 0.05) is 49.1 Å². The normalized spacial score (nSPS) is 27.8. The van der Waals surface area contributed by atoms with Crippen LogP contribution in [0.1, 0.15) is 128 Å². The molecule has 2 aromatic heterocycles. The van der Waals surface area contributed by atoms with Crippen molar-refractivity contribution in [2.75, 3.05) is 36.0 Å². The minimum absolute atomic E-state index is 0.0233. The van der Waals surface area contributed by atoms with Crippen molar-refractivity contribution in [3.63, 3.8) is 0 Å². The number of carbonyl (C=O) groups is 1. The van der Waals surface area contributed by atoms with E-state index in [1.807, 2.05) is 46.2 Å². The molecule has 0 bridgehead atoms. The van der Waals surface area contributed by atoms with Crippen LogP contribution in [0.15, 0.2) is 109 Å². The molecule has 4 aliphatic carbocycles. The maximum absolute atomic E-state index is 15.2. The Bertz CT molecular complexity index is 2740. The Labute approximate surface area is 362 Å². The number of carbonyl (C=O) groups excluding carboxylic acids is 1. The molecule has 6 aromatic rings. The van der Waals surface area contributed by atoms with E-state index in [1.54, 1.807) is 0 Å². The van der Waals surface area contributed by atoms with Gasteiger partial charge in [0.1, 0.15) is 23.0 Å². The first-order valence-corrected chi connectivity index (χ1v) is 22.1. The van der Waals surface area contributed by atoms with Crippen molar-refractivity contribution in [2.45, 2.75) is 86.2 Å². The number of hydrogen-bond donors (Lipinski definition) is 2. The molecule has 4 fully saturated rings. The van der Waals surface area contributed by atoms with Crippen LogP contribution in [0, 0.1) is 11.6 Å². The minimum atomic E-state index is -1.84. The van der Waals surface area contributed by atoms with Crippen molar-refractivity contribution >= 4 is 17.2 Å². The monoisotopic (exact) mass is 828 g/mol. The van der Waals surface area contributed by atoms with E-state index in [0.29, 0.717) is 62.0 Å². The first-order valence-electron chi connectivity index (χ1n) is 23.1. The SMILES string of the molecule is [2H]C1(O)CC2(CCN(c3cc(F)cnc3C(=O)c3ncc(F)cc3N3CCC4(C3)CC([2H])(O)c3cc(-c5ccccc5C5CC5)ccc34)C2)c2ccc(-c3ccccc3C3CC3)cc21. The summed E-state index contributed by atoms with van der Waals surface area (Å²) in [6.45, 7) is 1.50. The summed E-state index contributed by atoms with van der Waals surface area (Å²) < 4.78 is 48.8. The molecule has 62 heavy (non-hydrogen) atoms. The summed E-state index contributed by atoms with van der Waals surface area (Å²) in [5.41, 5.74) is 8.92. The summed E-state index contributed by atoms with van der Waals surface area (Å²) in [5, 5.41) is 23.4. The molecule has 312 valence electrons. The van der Waals surface area contributed by atoms with Crippen molar-refractivity contribution in [3.05, 3.63) is 166 Å². The third-order valence-electron chi connectivity index (χ3n) is 14.9. The van der Waals surface area contributed by atoms with Crippen LogP contribution in [0.5, 0.6) is 0 Å². The molecule has 0 radical (unpaired) electrons. The highest BCUT2D eigenvalue weighted by atomic mass is 19.1. The lowest BCUT2D eigenvalue weighted by atomic mass is 9.80. The maximum Gasteiger partial charge on any atom is 0.233 e. The lowest BCUT2D eigenvalue weighted by Crippen LogP contribution is -2.31. The van der Waals surface area contributed by atoms with Crippen LogP contribution in [-0.2, 0) is 10.8 Å². The van der Waals surface area contributed by atoms with Crippen LogP contribution in [0.25, 0.3) is 22.3 Å². The van der Waals surface area contributed by atoms with Gasteiger partial charge in [-0.25, -0.2) is 18.7 Å². The number of aromatic nitrogens is 2. The average molecular weight is 829 g/mol. The van der Waals surface area contributed by atoms with E-state index in [-0.39, 0.29) is 35.6 Å². The highest BCUT2D eigenvalue weighted by Gasteiger charge is 2.50. The summed E-state index contributed by atoms with van der Waals surface area (Å²) >= 11 is 0. The van der Waals surface area contributed by atoms with Gasteiger partial charge in [-0.1, -0.05) is 72.8 Å². The lowest BCUT2D eigenvalue weighted by Gasteiger charge is -2.28. The number of benzene rings is 4. The molecule has 12 rings (SSSR count). The average Bonchev–Trinajstić information content (AvgIpc) is 4.22. The standard InChI is InChI=1S/C53H48F2N4O3/c54-35-23-45(58-19-17-52(29-58)25-47(60)41-21-33(13-15-43(41)52)39-7-3-1-5-37(39)31-9-10-31)49(56-27-35)51(62)50-46(24-36(55)28-57-50)59-20-18-53(30-59)26-48(61)42-22-34(14-16-44(42)53)40-8-4-2-6-38(40)32-11-12-32/h1-8,13-16,21-24,27-28,31-32,47-48,60-61H,9-12,17-20,25-26,29-30H2/i47D,48D.